The van der Waals surface area contributed by atoms with Crippen LogP contribution in [0, 0.1) is 40.4 Å². The summed E-state index contributed by atoms with van der Waals surface area (Å²) in [6, 6.07) is 11.1. The molecule has 13 heteroatoms. The molecule has 4 rings (SSSR count). The lowest BCUT2D eigenvalue weighted by Gasteiger charge is -2.27. The highest BCUT2D eigenvalue weighted by Crippen LogP contribution is 2.45. The van der Waals surface area contributed by atoms with Crippen molar-refractivity contribution in [1.82, 2.24) is 0 Å². The highest BCUT2D eigenvalue weighted by molar-refractivity contribution is 5.74. The van der Waals surface area contributed by atoms with E-state index in [1.165, 1.54) is 32.4 Å². The van der Waals surface area contributed by atoms with Gasteiger partial charge in [0.15, 0.2) is 23.9 Å². The smallest absolute Gasteiger partial charge is 0.349 e. The van der Waals surface area contributed by atoms with Crippen LogP contribution in [0.15, 0.2) is 47.9 Å². The number of hydrogen-bond acceptors (Lipinski definition) is 8. The highest BCUT2D eigenvalue weighted by atomic mass is 19.2. The van der Waals surface area contributed by atoms with E-state index in [4.69, 9.17) is 24.7 Å². The fraction of sp³-hybridized carbons (Fsp3) is 0.154. The van der Waals surface area contributed by atoms with Crippen molar-refractivity contribution in [2.75, 3.05) is 20.8 Å². The van der Waals surface area contributed by atoms with E-state index in [1.807, 2.05) is 6.07 Å². The SMILES string of the molecule is COc1ccc(C2C(C#N)=C(N)Oc3cc(OC(=O)COc4c(F)c(F)c(F)c(F)c4F)ccc32)cc1OC. The van der Waals surface area contributed by atoms with E-state index in [0.29, 0.717) is 22.6 Å². The van der Waals surface area contributed by atoms with Crippen LogP contribution in [0.1, 0.15) is 17.0 Å². The van der Waals surface area contributed by atoms with Crippen LogP contribution in [0.3, 0.4) is 0 Å². The first kappa shape index (κ1) is 27.1. The van der Waals surface area contributed by atoms with E-state index in [0.717, 1.165) is 0 Å². The summed E-state index contributed by atoms with van der Waals surface area (Å²) in [6.45, 7) is -1.19. The average molecular weight is 548 g/mol. The van der Waals surface area contributed by atoms with Gasteiger partial charge in [0, 0.05) is 11.6 Å². The maximum absolute atomic E-state index is 13.8. The van der Waals surface area contributed by atoms with Gasteiger partial charge in [-0.25, -0.2) is 18.0 Å². The zero-order valence-electron chi connectivity index (χ0n) is 20.1. The predicted molar refractivity (Wildman–Crippen MR) is 123 cm³/mol. The molecule has 0 fully saturated rings. The normalized spacial score (nSPS) is 14.2. The second kappa shape index (κ2) is 10.8. The lowest BCUT2D eigenvalue weighted by molar-refractivity contribution is -0.136. The molecule has 0 aromatic heterocycles. The largest absolute Gasteiger partial charge is 0.493 e. The molecule has 0 bridgehead atoms. The average Bonchev–Trinajstić information content (AvgIpc) is 2.93. The number of fused-ring (bicyclic) bond motifs is 1. The van der Waals surface area contributed by atoms with Crippen molar-refractivity contribution in [1.29, 1.82) is 5.26 Å². The van der Waals surface area contributed by atoms with E-state index in [1.54, 1.807) is 18.2 Å². The zero-order chi connectivity index (χ0) is 28.4. The Morgan fingerprint density at radius 1 is 0.949 bits per heavy atom. The maximum atomic E-state index is 13.8. The Morgan fingerprint density at radius 2 is 1.59 bits per heavy atom. The number of benzene rings is 3. The number of allylic oxidation sites excluding steroid dienone is 1. The summed E-state index contributed by atoms with van der Waals surface area (Å²) in [5, 5.41) is 9.73. The van der Waals surface area contributed by atoms with Crippen LogP contribution in [0.2, 0.25) is 0 Å². The Hall–Kier alpha value is -4.99. The summed E-state index contributed by atoms with van der Waals surface area (Å²) in [4.78, 5) is 12.2. The highest BCUT2D eigenvalue weighted by Gasteiger charge is 2.32. The van der Waals surface area contributed by atoms with E-state index in [2.05, 4.69) is 4.74 Å². The number of carbonyl (C=O) groups excluding carboxylic acids is 1. The third-order valence-electron chi connectivity index (χ3n) is 5.67. The Kier molecular flexibility index (Phi) is 7.48. The molecule has 0 aliphatic carbocycles. The molecule has 0 saturated heterocycles. The molecule has 1 heterocycles. The number of nitrogens with two attached hydrogens (primary N) is 1. The van der Waals surface area contributed by atoms with Gasteiger partial charge >= 0.3 is 5.97 Å². The molecule has 202 valence electrons. The molecule has 1 aliphatic heterocycles. The molecule has 8 nitrogen and oxygen atoms in total. The molecule has 39 heavy (non-hydrogen) atoms. The van der Waals surface area contributed by atoms with E-state index >= 15 is 0 Å². The summed E-state index contributed by atoms with van der Waals surface area (Å²) in [6.07, 6.45) is 0. The standard InChI is InChI=1S/C26H17F5N2O6/c1-35-15-6-3-11(7-17(15)36-2)19-13-5-4-12(8-16(13)39-26(33)14(19)9-32)38-18(34)10-37-25-23(30)21(28)20(27)22(29)24(25)31/h3-8,19H,10,33H2,1-2H3. The van der Waals surface area contributed by atoms with Gasteiger partial charge in [0.05, 0.1) is 20.1 Å². The van der Waals surface area contributed by atoms with Gasteiger partial charge in [-0.15, -0.1) is 0 Å². The first-order valence-corrected chi connectivity index (χ1v) is 10.9. The fourth-order valence-corrected chi connectivity index (χ4v) is 3.88. The Bertz CT molecular complexity index is 1520. The number of rotatable bonds is 7. The van der Waals surface area contributed by atoms with Gasteiger partial charge in [-0.05, 0) is 23.8 Å². The number of hydrogen-bond donors (Lipinski definition) is 1. The molecule has 0 saturated carbocycles. The van der Waals surface area contributed by atoms with Gasteiger partial charge in [0.2, 0.25) is 35.0 Å². The Balaban J connectivity index is 1.58. The number of halogens is 5. The van der Waals surface area contributed by atoms with Crippen LogP contribution in [0.4, 0.5) is 22.0 Å². The van der Waals surface area contributed by atoms with Gasteiger partial charge in [-0.1, -0.05) is 12.1 Å². The van der Waals surface area contributed by atoms with Crippen molar-refractivity contribution in [2.45, 2.75) is 5.92 Å². The van der Waals surface area contributed by atoms with Crippen molar-refractivity contribution < 1.29 is 50.4 Å². The van der Waals surface area contributed by atoms with Crippen LogP contribution in [0.5, 0.6) is 28.7 Å². The molecule has 2 N–H and O–H groups in total. The number of ether oxygens (including phenoxy) is 5. The van der Waals surface area contributed by atoms with Crippen molar-refractivity contribution >= 4 is 5.97 Å². The van der Waals surface area contributed by atoms with E-state index in [9.17, 15) is 32.0 Å². The molecule has 1 unspecified atom stereocenters. The molecule has 3 aromatic rings. The minimum absolute atomic E-state index is 0.107. The number of methoxy groups -OCH3 is 2. The van der Waals surface area contributed by atoms with Crippen LogP contribution < -0.4 is 29.4 Å². The minimum Gasteiger partial charge on any atom is -0.493 e. The summed E-state index contributed by atoms with van der Waals surface area (Å²) in [5.74, 6) is -14.2. The monoisotopic (exact) mass is 548 g/mol. The van der Waals surface area contributed by atoms with Gasteiger partial charge < -0.3 is 29.4 Å². The molecule has 1 aliphatic rings. The molecule has 0 spiro atoms. The second-order valence-electron chi connectivity index (χ2n) is 7.90. The Labute approximate surface area is 217 Å². The first-order valence-electron chi connectivity index (χ1n) is 10.9. The van der Waals surface area contributed by atoms with Crippen molar-refractivity contribution in [3.63, 3.8) is 0 Å². The van der Waals surface area contributed by atoms with Gasteiger partial charge in [0.25, 0.3) is 0 Å². The molecular weight excluding hydrogens is 531 g/mol. The van der Waals surface area contributed by atoms with Crippen molar-refractivity contribution in [2.24, 2.45) is 5.73 Å². The maximum Gasteiger partial charge on any atom is 0.349 e. The fourth-order valence-electron chi connectivity index (χ4n) is 3.88. The lowest BCUT2D eigenvalue weighted by atomic mass is 9.83. The third-order valence-corrected chi connectivity index (χ3v) is 5.67. The Morgan fingerprint density at radius 3 is 2.21 bits per heavy atom. The molecule has 0 radical (unpaired) electrons. The number of nitriles is 1. The summed E-state index contributed by atoms with van der Waals surface area (Å²) < 4.78 is 93.1. The number of nitrogens with zero attached hydrogens (tertiary/aromatic N) is 1. The minimum atomic E-state index is -2.37. The van der Waals surface area contributed by atoms with Crippen LogP contribution in [-0.4, -0.2) is 26.8 Å². The molecular formula is C26H17F5N2O6. The van der Waals surface area contributed by atoms with Crippen LogP contribution in [0.25, 0.3) is 0 Å². The van der Waals surface area contributed by atoms with E-state index < -0.39 is 53.3 Å². The lowest BCUT2D eigenvalue weighted by Crippen LogP contribution is -2.22. The van der Waals surface area contributed by atoms with Gasteiger partial charge in [-0.2, -0.15) is 14.0 Å². The van der Waals surface area contributed by atoms with Crippen molar-refractivity contribution in [3.05, 3.63) is 88.1 Å². The quantitative estimate of drug-likeness (QED) is 0.150. The molecule has 1 atom stereocenters. The first-order chi connectivity index (χ1) is 18.6. The summed E-state index contributed by atoms with van der Waals surface area (Å²) in [7, 11) is 2.92. The summed E-state index contributed by atoms with van der Waals surface area (Å²) in [5.41, 5.74) is 7.17. The topological polar surface area (TPSA) is 113 Å². The van der Waals surface area contributed by atoms with Crippen LogP contribution in [-0.2, 0) is 4.79 Å². The molecule has 0 amide bonds. The van der Waals surface area contributed by atoms with Gasteiger partial charge in [-0.3, -0.25) is 0 Å². The van der Waals surface area contributed by atoms with Crippen molar-refractivity contribution in [3.8, 4) is 34.8 Å². The predicted octanol–water partition coefficient (Wildman–Crippen LogP) is 4.60. The zero-order valence-corrected chi connectivity index (χ0v) is 20.1. The number of esters is 1. The van der Waals surface area contributed by atoms with Gasteiger partial charge in [0.1, 0.15) is 23.1 Å². The van der Waals surface area contributed by atoms with E-state index in [-0.39, 0.29) is 23.0 Å². The molecule has 3 aromatic carbocycles. The number of carbonyl (C=O) groups is 1. The van der Waals surface area contributed by atoms with Crippen LogP contribution >= 0.6 is 0 Å². The summed E-state index contributed by atoms with van der Waals surface area (Å²) >= 11 is 0. The third kappa shape index (κ3) is 4.96. The second-order valence-corrected chi connectivity index (χ2v) is 7.90.